The topological polar surface area (TPSA) is 78.0 Å². The van der Waals surface area contributed by atoms with E-state index in [9.17, 15) is 4.79 Å². The highest BCUT2D eigenvalue weighted by atomic mass is 35.5. The summed E-state index contributed by atoms with van der Waals surface area (Å²) in [6.07, 6.45) is 5.48. The van der Waals surface area contributed by atoms with Crippen LogP contribution in [0.5, 0.6) is 0 Å². The van der Waals surface area contributed by atoms with Crippen molar-refractivity contribution in [3.05, 3.63) is 71.8 Å². The van der Waals surface area contributed by atoms with Gasteiger partial charge in [-0.15, -0.1) is 0 Å². The van der Waals surface area contributed by atoms with Crippen molar-refractivity contribution in [2.75, 3.05) is 31.1 Å². The fourth-order valence-electron chi connectivity index (χ4n) is 3.94. The molecule has 0 atom stereocenters. The number of anilines is 1. The van der Waals surface area contributed by atoms with Gasteiger partial charge in [-0.2, -0.15) is 0 Å². The van der Waals surface area contributed by atoms with Crippen molar-refractivity contribution in [2.45, 2.75) is 6.42 Å². The van der Waals surface area contributed by atoms with Gasteiger partial charge in [0, 0.05) is 54.9 Å². The lowest BCUT2D eigenvalue weighted by Crippen LogP contribution is -2.49. The molecule has 31 heavy (non-hydrogen) atoms. The van der Waals surface area contributed by atoms with Crippen molar-refractivity contribution in [3.63, 3.8) is 0 Å². The third-order valence-corrected chi connectivity index (χ3v) is 5.98. The maximum Gasteiger partial charge on any atom is 0.227 e. The number of carbonyl (C=O) groups excluding carboxylic acids is 1. The molecule has 4 heterocycles. The van der Waals surface area contributed by atoms with Crippen LogP contribution >= 0.6 is 11.6 Å². The highest BCUT2D eigenvalue weighted by molar-refractivity contribution is 6.31. The van der Waals surface area contributed by atoms with Crippen LogP contribution in [0.25, 0.3) is 22.3 Å². The number of nitrogens with one attached hydrogen (secondary N) is 1. The van der Waals surface area contributed by atoms with Gasteiger partial charge in [0.15, 0.2) is 0 Å². The number of fused-ring (bicyclic) bond motifs is 1. The molecule has 0 bridgehead atoms. The summed E-state index contributed by atoms with van der Waals surface area (Å²) in [6, 6.07) is 13.5. The van der Waals surface area contributed by atoms with Gasteiger partial charge in [0.1, 0.15) is 17.8 Å². The van der Waals surface area contributed by atoms with E-state index < -0.39 is 0 Å². The first kappa shape index (κ1) is 19.5. The van der Waals surface area contributed by atoms with Crippen LogP contribution < -0.4 is 4.90 Å². The first-order valence-electron chi connectivity index (χ1n) is 10.2. The van der Waals surface area contributed by atoms with Crippen LogP contribution in [0.2, 0.25) is 5.02 Å². The van der Waals surface area contributed by atoms with Crippen molar-refractivity contribution >= 4 is 34.4 Å². The summed E-state index contributed by atoms with van der Waals surface area (Å²) in [5.41, 5.74) is 3.62. The van der Waals surface area contributed by atoms with E-state index in [0.717, 1.165) is 33.7 Å². The Bertz CT molecular complexity index is 1220. The van der Waals surface area contributed by atoms with Crippen LogP contribution in [0.3, 0.4) is 0 Å². The van der Waals surface area contributed by atoms with Gasteiger partial charge in [-0.25, -0.2) is 9.97 Å². The molecule has 7 nitrogen and oxygen atoms in total. The number of carbonyl (C=O) groups is 1. The molecule has 0 saturated carbocycles. The number of hydrogen-bond acceptors (Lipinski definition) is 5. The Morgan fingerprint density at radius 1 is 1.06 bits per heavy atom. The number of hydrogen-bond donors (Lipinski definition) is 1. The Morgan fingerprint density at radius 2 is 1.90 bits per heavy atom. The second-order valence-electron chi connectivity index (χ2n) is 7.52. The van der Waals surface area contributed by atoms with Crippen molar-refractivity contribution < 1.29 is 4.79 Å². The van der Waals surface area contributed by atoms with Crippen molar-refractivity contribution in [1.29, 1.82) is 0 Å². The molecule has 5 rings (SSSR count). The van der Waals surface area contributed by atoms with Crippen molar-refractivity contribution in [3.8, 4) is 11.3 Å². The Morgan fingerprint density at radius 3 is 2.68 bits per heavy atom. The van der Waals surface area contributed by atoms with Gasteiger partial charge in [-0.05, 0) is 29.8 Å². The summed E-state index contributed by atoms with van der Waals surface area (Å²) in [5.74, 6) is 0.982. The number of piperazine rings is 1. The zero-order valence-electron chi connectivity index (χ0n) is 16.8. The predicted octanol–water partition coefficient (Wildman–Crippen LogP) is 3.56. The first-order chi connectivity index (χ1) is 15.2. The van der Waals surface area contributed by atoms with Gasteiger partial charge in [-0.1, -0.05) is 29.8 Å². The van der Waals surface area contributed by atoms with E-state index in [1.54, 1.807) is 12.5 Å². The summed E-state index contributed by atoms with van der Waals surface area (Å²) < 4.78 is 0. The molecule has 0 aliphatic carbocycles. The minimum atomic E-state index is 0.0982. The average Bonchev–Trinajstić information content (AvgIpc) is 3.26. The number of pyridine rings is 1. The molecule has 0 radical (unpaired) electrons. The van der Waals surface area contributed by atoms with Gasteiger partial charge in [-0.3, -0.25) is 9.78 Å². The molecule has 1 N–H and O–H groups in total. The van der Waals surface area contributed by atoms with Crippen LogP contribution in [0, 0.1) is 0 Å². The number of aromatic amines is 1. The smallest absolute Gasteiger partial charge is 0.227 e. The van der Waals surface area contributed by atoms with E-state index in [-0.39, 0.29) is 5.91 Å². The van der Waals surface area contributed by atoms with E-state index in [1.165, 1.54) is 0 Å². The third kappa shape index (κ3) is 3.96. The third-order valence-electron chi connectivity index (χ3n) is 5.61. The lowest BCUT2D eigenvalue weighted by Gasteiger charge is -2.35. The number of halogens is 1. The summed E-state index contributed by atoms with van der Waals surface area (Å²) in [6.45, 7) is 2.73. The van der Waals surface area contributed by atoms with Gasteiger partial charge >= 0.3 is 0 Å². The Labute approximate surface area is 184 Å². The monoisotopic (exact) mass is 432 g/mol. The summed E-state index contributed by atoms with van der Waals surface area (Å²) in [4.78, 5) is 33.3. The fraction of sp³-hybridized carbons (Fsp3) is 0.217. The molecular formula is C23H21ClN6O. The van der Waals surface area contributed by atoms with Crippen LogP contribution in [-0.4, -0.2) is 56.9 Å². The molecule has 1 aliphatic heterocycles. The maximum absolute atomic E-state index is 12.7. The standard InChI is InChI=1S/C23H21ClN6O/c24-19-6-2-1-4-16(19)12-21(31)29-8-10-30(11-9-29)23-18-13-20(17-5-3-7-25-14-17)28-22(18)26-15-27-23/h1-7,13-15H,8-12H2,(H,26,27,28). The molecule has 1 aliphatic rings. The number of nitrogens with zero attached hydrogens (tertiary/aromatic N) is 5. The Balaban J connectivity index is 1.31. The lowest BCUT2D eigenvalue weighted by atomic mass is 10.1. The minimum Gasteiger partial charge on any atom is -0.352 e. The zero-order valence-corrected chi connectivity index (χ0v) is 17.6. The molecule has 0 spiro atoms. The Hall–Kier alpha value is -3.45. The van der Waals surface area contributed by atoms with Gasteiger partial charge in [0.25, 0.3) is 0 Å². The lowest BCUT2D eigenvalue weighted by molar-refractivity contribution is -0.130. The summed E-state index contributed by atoms with van der Waals surface area (Å²) in [5, 5.41) is 1.60. The van der Waals surface area contributed by atoms with E-state index in [4.69, 9.17) is 11.6 Å². The highest BCUT2D eigenvalue weighted by Crippen LogP contribution is 2.29. The van der Waals surface area contributed by atoms with E-state index in [2.05, 4.69) is 30.9 Å². The van der Waals surface area contributed by atoms with Crippen molar-refractivity contribution in [2.24, 2.45) is 0 Å². The quantitative estimate of drug-likeness (QED) is 0.533. The second kappa shape index (κ2) is 8.35. The van der Waals surface area contributed by atoms with E-state index in [0.29, 0.717) is 37.6 Å². The average molecular weight is 433 g/mol. The van der Waals surface area contributed by atoms with Crippen LogP contribution in [0.15, 0.2) is 61.2 Å². The largest absolute Gasteiger partial charge is 0.352 e. The first-order valence-corrected chi connectivity index (χ1v) is 10.6. The molecule has 0 unspecified atom stereocenters. The zero-order chi connectivity index (χ0) is 21.2. The number of H-pyrrole nitrogens is 1. The summed E-state index contributed by atoms with van der Waals surface area (Å²) in [7, 11) is 0. The number of amides is 1. The molecule has 1 amide bonds. The predicted molar refractivity (Wildman–Crippen MR) is 121 cm³/mol. The molecule has 156 valence electrons. The maximum atomic E-state index is 12.7. The summed E-state index contributed by atoms with van der Waals surface area (Å²) >= 11 is 6.21. The molecular weight excluding hydrogens is 412 g/mol. The SMILES string of the molecule is O=C(Cc1ccccc1Cl)N1CCN(c2ncnc3[nH]c(-c4cccnc4)cc23)CC1. The Kier molecular flexibility index (Phi) is 5.26. The molecule has 3 aromatic heterocycles. The molecule has 1 aromatic carbocycles. The van der Waals surface area contributed by atoms with E-state index >= 15 is 0 Å². The van der Waals surface area contributed by atoms with Gasteiger partial charge < -0.3 is 14.8 Å². The second-order valence-corrected chi connectivity index (χ2v) is 7.93. The molecule has 1 fully saturated rings. The fourth-order valence-corrected chi connectivity index (χ4v) is 4.14. The van der Waals surface area contributed by atoms with Crippen LogP contribution in [0.1, 0.15) is 5.56 Å². The number of benzene rings is 1. The molecule has 8 heteroatoms. The molecule has 1 saturated heterocycles. The van der Waals surface area contributed by atoms with Crippen LogP contribution in [0.4, 0.5) is 5.82 Å². The number of rotatable bonds is 4. The highest BCUT2D eigenvalue weighted by Gasteiger charge is 2.24. The minimum absolute atomic E-state index is 0.0982. The van der Waals surface area contributed by atoms with E-state index in [1.807, 2.05) is 47.5 Å². The van der Waals surface area contributed by atoms with Gasteiger partial charge in [0.2, 0.25) is 5.91 Å². The number of aromatic nitrogens is 4. The normalized spacial score (nSPS) is 14.2. The van der Waals surface area contributed by atoms with Gasteiger partial charge in [0.05, 0.1) is 11.8 Å². The van der Waals surface area contributed by atoms with Crippen LogP contribution in [-0.2, 0) is 11.2 Å². The molecule has 4 aromatic rings. The van der Waals surface area contributed by atoms with Crippen molar-refractivity contribution in [1.82, 2.24) is 24.8 Å².